The third-order valence-corrected chi connectivity index (χ3v) is 4.86. The molecule has 28 heavy (non-hydrogen) atoms. The van der Waals surface area contributed by atoms with Crippen molar-refractivity contribution in [1.82, 2.24) is 20.4 Å². The average Bonchev–Trinajstić information content (AvgIpc) is 3.04. The van der Waals surface area contributed by atoms with Gasteiger partial charge in [-0.3, -0.25) is 9.48 Å². The lowest BCUT2D eigenvalue weighted by atomic mass is 9.94. The number of rotatable bonds is 6. The molecule has 1 amide bonds. The van der Waals surface area contributed by atoms with Gasteiger partial charge in [-0.15, -0.1) is 0 Å². The van der Waals surface area contributed by atoms with Gasteiger partial charge in [0, 0.05) is 19.1 Å². The number of amides is 1. The number of nitrogens with zero attached hydrogens (tertiary/aromatic N) is 2. The van der Waals surface area contributed by atoms with Gasteiger partial charge in [-0.1, -0.05) is 18.2 Å². The van der Waals surface area contributed by atoms with Gasteiger partial charge in [0.2, 0.25) is 0 Å². The maximum Gasteiger partial charge on any atom is 0.416 e. The first-order chi connectivity index (χ1) is 13.2. The van der Waals surface area contributed by atoms with Crippen molar-refractivity contribution in [2.75, 3.05) is 6.54 Å². The number of alkyl halides is 3. The van der Waals surface area contributed by atoms with Gasteiger partial charge >= 0.3 is 6.18 Å². The SMILES string of the molecule is CC(C)NC(=O)c1cnn2c1C[C@@H](CNCc1cccc(C(F)(F)F)c1)CC2. The van der Waals surface area contributed by atoms with Crippen LogP contribution in [-0.2, 0) is 25.7 Å². The Bertz CT molecular complexity index is 829. The first kappa shape index (κ1) is 20.4. The smallest absolute Gasteiger partial charge is 0.350 e. The number of halogens is 3. The number of aryl methyl sites for hydroxylation is 1. The van der Waals surface area contributed by atoms with E-state index in [1.807, 2.05) is 18.5 Å². The molecule has 152 valence electrons. The van der Waals surface area contributed by atoms with Gasteiger partial charge in [-0.2, -0.15) is 18.3 Å². The lowest BCUT2D eigenvalue weighted by Crippen LogP contribution is -2.33. The molecule has 2 aromatic rings. The van der Waals surface area contributed by atoms with Crippen molar-refractivity contribution in [3.63, 3.8) is 0 Å². The van der Waals surface area contributed by atoms with Gasteiger partial charge < -0.3 is 10.6 Å². The maximum absolute atomic E-state index is 12.8. The van der Waals surface area contributed by atoms with Crippen molar-refractivity contribution in [2.45, 2.75) is 52.0 Å². The largest absolute Gasteiger partial charge is 0.416 e. The molecule has 0 spiro atoms. The van der Waals surface area contributed by atoms with Crippen LogP contribution in [0.4, 0.5) is 13.2 Å². The summed E-state index contributed by atoms with van der Waals surface area (Å²) in [4.78, 5) is 12.3. The topological polar surface area (TPSA) is 59.0 Å². The fourth-order valence-corrected chi connectivity index (χ4v) is 3.48. The Kier molecular flexibility index (Phi) is 6.07. The summed E-state index contributed by atoms with van der Waals surface area (Å²) in [5.74, 6) is 0.189. The van der Waals surface area contributed by atoms with Gasteiger partial charge in [0.15, 0.2) is 0 Å². The summed E-state index contributed by atoms with van der Waals surface area (Å²) in [7, 11) is 0. The number of hydrogen-bond acceptors (Lipinski definition) is 3. The van der Waals surface area contributed by atoms with Crippen LogP contribution in [0.1, 0.15) is 47.4 Å². The number of hydrogen-bond donors (Lipinski definition) is 2. The second kappa shape index (κ2) is 8.34. The van der Waals surface area contributed by atoms with Gasteiger partial charge in [0.05, 0.1) is 23.0 Å². The Balaban J connectivity index is 1.57. The quantitative estimate of drug-likeness (QED) is 0.790. The van der Waals surface area contributed by atoms with Crippen LogP contribution >= 0.6 is 0 Å². The van der Waals surface area contributed by atoms with Crippen molar-refractivity contribution < 1.29 is 18.0 Å². The zero-order chi connectivity index (χ0) is 20.3. The van der Waals surface area contributed by atoms with Gasteiger partial charge in [0.25, 0.3) is 5.91 Å². The molecular formula is C20H25F3N4O. The van der Waals surface area contributed by atoms with Crippen molar-refractivity contribution in [3.05, 3.63) is 52.8 Å². The highest BCUT2D eigenvalue weighted by Gasteiger charge is 2.30. The molecule has 0 saturated carbocycles. The minimum atomic E-state index is -4.33. The molecule has 8 heteroatoms. The third-order valence-electron chi connectivity index (χ3n) is 4.86. The van der Waals surface area contributed by atoms with E-state index in [-0.39, 0.29) is 11.9 Å². The van der Waals surface area contributed by atoms with E-state index < -0.39 is 11.7 Å². The second-order valence-corrected chi connectivity index (χ2v) is 7.54. The highest BCUT2D eigenvalue weighted by Crippen LogP contribution is 2.29. The fraction of sp³-hybridized carbons (Fsp3) is 0.500. The number of benzene rings is 1. The highest BCUT2D eigenvalue weighted by atomic mass is 19.4. The first-order valence-electron chi connectivity index (χ1n) is 9.46. The summed E-state index contributed by atoms with van der Waals surface area (Å²) < 4.78 is 40.3. The number of carbonyl (C=O) groups is 1. The van der Waals surface area contributed by atoms with Crippen LogP contribution in [0, 0.1) is 5.92 Å². The highest BCUT2D eigenvalue weighted by molar-refractivity contribution is 5.95. The van der Waals surface area contributed by atoms with Crippen LogP contribution in [0.3, 0.4) is 0 Å². The van der Waals surface area contributed by atoms with Crippen LogP contribution in [0.5, 0.6) is 0 Å². The molecule has 1 aromatic heterocycles. The molecule has 2 heterocycles. The summed E-state index contributed by atoms with van der Waals surface area (Å²) in [5, 5.41) is 10.5. The molecule has 0 bridgehead atoms. The molecule has 0 aliphatic carbocycles. The van der Waals surface area contributed by atoms with E-state index in [0.29, 0.717) is 30.1 Å². The summed E-state index contributed by atoms with van der Waals surface area (Å²) in [6.45, 7) is 5.61. The number of nitrogens with one attached hydrogen (secondary N) is 2. The summed E-state index contributed by atoms with van der Waals surface area (Å²) in [5.41, 5.74) is 1.51. The van der Waals surface area contributed by atoms with Crippen LogP contribution in [0.25, 0.3) is 0 Å². The molecule has 1 aromatic carbocycles. The minimum absolute atomic E-state index is 0.0524. The Morgan fingerprint density at radius 3 is 2.86 bits per heavy atom. The molecular weight excluding hydrogens is 369 g/mol. The molecule has 2 N–H and O–H groups in total. The molecule has 0 radical (unpaired) electrons. The molecule has 3 rings (SSSR count). The van der Waals surface area contributed by atoms with Crippen LogP contribution in [0.15, 0.2) is 30.5 Å². The van der Waals surface area contributed by atoms with Gasteiger partial charge in [0.1, 0.15) is 0 Å². The molecule has 0 saturated heterocycles. The monoisotopic (exact) mass is 394 g/mol. The van der Waals surface area contributed by atoms with Gasteiger partial charge in [-0.05, 0) is 50.8 Å². The maximum atomic E-state index is 12.8. The molecule has 1 atom stereocenters. The van der Waals surface area contributed by atoms with Crippen molar-refractivity contribution >= 4 is 5.91 Å². The summed E-state index contributed by atoms with van der Waals surface area (Å²) in [6, 6.07) is 5.43. The Hall–Kier alpha value is -2.35. The minimum Gasteiger partial charge on any atom is -0.350 e. The first-order valence-corrected chi connectivity index (χ1v) is 9.46. The van der Waals surface area contributed by atoms with Crippen molar-refractivity contribution in [2.24, 2.45) is 5.92 Å². The van der Waals surface area contributed by atoms with Crippen LogP contribution in [0.2, 0.25) is 0 Å². The van der Waals surface area contributed by atoms with E-state index >= 15 is 0 Å². The van der Waals surface area contributed by atoms with E-state index in [1.165, 1.54) is 12.1 Å². The van der Waals surface area contributed by atoms with E-state index in [1.54, 1.807) is 12.3 Å². The van der Waals surface area contributed by atoms with E-state index in [0.717, 1.165) is 31.1 Å². The van der Waals surface area contributed by atoms with E-state index in [2.05, 4.69) is 15.7 Å². The summed E-state index contributed by atoms with van der Waals surface area (Å²) in [6.07, 6.45) is -1.08. The van der Waals surface area contributed by atoms with E-state index in [4.69, 9.17) is 0 Å². The third kappa shape index (κ3) is 4.92. The fourth-order valence-electron chi connectivity index (χ4n) is 3.48. The van der Waals surface area contributed by atoms with Crippen LogP contribution in [-0.4, -0.2) is 28.3 Å². The Morgan fingerprint density at radius 1 is 1.36 bits per heavy atom. The molecule has 1 aliphatic rings. The van der Waals surface area contributed by atoms with Crippen LogP contribution < -0.4 is 10.6 Å². The zero-order valence-electron chi connectivity index (χ0n) is 16.0. The number of fused-ring (bicyclic) bond motifs is 1. The standard InChI is InChI=1S/C20H25F3N4O/c1-13(2)26-19(28)17-12-25-27-7-6-15(9-18(17)27)11-24-10-14-4-3-5-16(8-14)20(21,22)23/h3-5,8,12-13,15,24H,6-7,9-11H2,1-2H3,(H,26,28)/t15-/m0/s1. The molecule has 0 unspecified atom stereocenters. The lowest BCUT2D eigenvalue weighted by molar-refractivity contribution is -0.137. The average molecular weight is 394 g/mol. The van der Waals surface area contributed by atoms with Crippen molar-refractivity contribution in [3.8, 4) is 0 Å². The lowest BCUT2D eigenvalue weighted by Gasteiger charge is -2.24. The number of aromatic nitrogens is 2. The van der Waals surface area contributed by atoms with Gasteiger partial charge in [-0.25, -0.2) is 0 Å². The zero-order valence-corrected chi connectivity index (χ0v) is 16.0. The Labute approximate surface area is 162 Å². The predicted molar refractivity (Wildman–Crippen MR) is 99.8 cm³/mol. The molecule has 0 fully saturated rings. The Morgan fingerprint density at radius 2 is 2.14 bits per heavy atom. The van der Waals surface area contributed by atoms with E-state index in [9.17, 15) is 18.0 Å². The second-order valence-electron chi connectivity index (χ2n) is 7.54. The molecule has 5 nitrogen and oxygen atoms in total. The molecule has 1 aliphatic heterocycles. The predicted octanol–water partition coefficient (Wildman–Crippen LogP) is 3.39. The normalized spacial score (nSPS) is 16.9. The summed E-state index contributed by atoms with van der Waals surface area (Å²) >= 11 is 0. The van der Waals surface area contributed by atoms with Crippen molar-refractivity contribution in [1.29, 1.82) is 0 Å². The number of carbonyl (C=O) groups excluding carboxylic acids is 1.